The summed E-state index contributed by atoms with van der Waals surface area (Å²) in [4.78, 5) is 11.5. The number of nitrogen functional groups attached to an aromatic ring is 1. The van der Waals surface area contributed by atoms with Crippen LogP contribution in [0.25, 0.3) is 0 Å². The van der Waals surface area contributed by atoms with Crippen LogP contribution in [0, 0.1) is 5.41 Å². The predicted molar refractivity (Wildman–Crippen MR) is 63.2 cm³/mol. The minimum Gasteiger partial charge on any atom is -0.481 e. The Morgan fingerprint density at radius 1 is 1.38 bits per heavy atom. The summed E-state index contributed by atoms with van der Waals surface area (Å²) in [6, 6.07) is 7.24. The summed E-state index contributed by atoms with van der Waals surface area (Å²) in [5.74, 6) is -0.738. The summed E-state index contributed by atoms with van der Waals surface area (Å²) >= 11 is 0. The van der Waals surface area contributed by atoms with E-state index in [4.69, 9.17) is 5.73 Å². The van der Waals surface area contributed by atoms with Crippen LogP contribution in [0.15, 0.2) is 24.3 Å². The normalized spacial score (nSPS) is 21.1. The van der Waals surface area contributed by atoms with Gasteiger partial charge in [-0.15, -0.1) is 0 Å². The average molecular weight is 219 g/mol. The fraction of sp³-hybridized carbons (Fsp3) is 0.462. The van der Waals surface area contributed by atoms with Crippen LogP contribution in [-0.4, -0.2) is 11.1 Å². The van der Waals surface area contributed by atoms with Crippen molar-refractivity contribution >= 4 is 11.7 Å². The van der Waals surface area contributed by atoms with Crippen molar-refractivity contribution in [3.63, 3.8) is 0 Å². The van der Waals surface area contributed by atoms with E-state index in [1.165, 1.54) is 0 Å². The predicted octanol–water partition coefficient (Wildman–Crippen LogP) is 2.41. The van der Waals surface area contributed by atoms with Crippen molar-refractivity contribution in [1.82, 2.24) is 0 Å². The molecule has 0 atom stereocenters. The minimum absolute atomic E-state index is 0.114. The van der Waals surface area contributed by atoms with Crippen molar-refractivity contribution in [3.05, 3.63) is 29.8 Å². The van der Waals surface area contributed by atoms with Gasteiger partial charge in [0.15, 0.2) is 0 Å². The topological polar surface area (TPSA) is 63.3 Å². The van der Waals surface area contributed by atoms with Crippen molar-refractivity contribution < 1.29 is 9.90 Å². The number of benzene rings is 1. The fourth-order valence-corrected chi connectivity index (χ4v) is 2.90. The van der Waals surface area contributed by atoms with E-state index >= 15 is 0 Å². The maximum Gasteiger partial charge on any atom is 0.314 e. The van der Waals surface area contributed by atoms with E-state index in [0.29, 0.717) is 18.5 Å². The lowest BCUT2D eigenvalue weighted by Gasteiger charge is -2.50. The molecule has 0 bridgehead atoms. The Bertz CT molecular complexity index is 429. The van der Waals surface area contributed by atoms with Gasteiger partial charge in [0, 0.05) is 5.69 Å². The molecule has 16 heavy (non-hydrogen) atoms. The van der Waals surface area contributed by atoms with Crippen LogP contribution in [-0.2, 0) is 10.2 Å². The third kappa shape index (κ3) is 1.56. The summed E-state index contributed by atoms with van der Waals surface area (Å²) < 4.78 is 0. The van der Waals surface area contributed by atoms with Gasteiger partial charge in [0.05, 0.1) is 5.41 Å². The first-order valence-corrected chi connectivity index (χ1v) is 5.45. The fourth-order valence-electron chi connectivity index (χ4n) is 2.90. The number of hydrogen-bond acceptors (Lipinski definition) is 2. The molecule has 1 aromatic rings. The number of anilines is 1. The van der Waals surface area contributed by atoms with Crippen LogP contribution >= 0.6 is 0 Å². The zero-order valence-corrected chi connectivity index (χ0v) is 9.66. The molecule has 0 radical (unpaired) electrons. The monoisotopic (exact) mass is 219 g/mol. The van der Waals surface area contributed by atoms with E-state index in [1.54, 1.807) is 12.1 Å². The quantitative estimate of drug-likeness (QED) is 0.751. The van der Waals surface area contributed by atoms with Gasteiger partial charge in [-0.05, 0) is 36.0 Å². The van der Waals surface area contributed by atoms with Crippen molar-refractivity contribution in [3.8, 4) is 0 Å². The highest BCUT2D eigenvalue weighted by molar-refractivity contribution is 5.83. The van der Waals surface area contributed by atoms with Gasteiger partial charge in [-0.1, -0.05) is 26.0 Å². The lowest BCUT2D eigenvalue weighted by molar-refractivity contribution is -0.153. The Hall–Kier alpha value is -1.51. The van der Waals surface area contributed by atoms with Gasteiger partial charge in [0.2, 0.25) is 0 Å². The third-order valence-electron chi connectivity index (χ3n) is 3.41. The van der Waals surface area contributed by atoms with Crippen LogP contribution in [0.2, 0.25) is 0 Å². The summed E-state index contributed by atoms with van der Waals surface area (Å²) in [5.41, 5.74) is 6.56. The largest absolute Gasteiger partial charge is 0.481 e. The van der Waals surface area contributed by atoms with Gasteiger partial charge in [-0.3, -0.25) is 4.79 Å². The molecule has 86 valence electrons. The summed E-state index contributed by atoms with van der Waals surface area (Å²) in [6.45, 7) is 4.20. The first kappa shape index (κ1) is 11.0. The molecule has 0 saturated heterocycles. The molecule has 3 N–H and O–H groups in total. The highest BCUT2D eigenvalue weighted by Gasteiger charge is 2.55. The first-order chi connectivity index (χ1) is 7.36. The zero-order chi connectivity index (χ0) is 12.0. The maximum absolute atomic E-state index is 11.5. The molecule has 0 amide bonds. The van der Waals surface area contributed by atoms with Crippen molar-refractivity contribution in [2.75, 3.05) is 5.73 Å². The average Bonchev–Trinajstić information content (AvgIpc) is 2.13. The molecule has 0 heterocycles. The van der Waals surface area contributed by atoms with E-state index in [-0.39, 0.29) is 5.41 Å². The second kappa shape index (κ2) is 3.24. The molecule has 1 aromatic carbocycles. The molecular formula is C13H17NO2. The molecule has 1 fully saturated rings. The van der Waals surface area contributed by atoms with Crippen LogP contribution in [0.4, 0.5) is 5.69 Å². The Balaban J connectivity index is 2.40. The van der Waals surface area contributed by atoms with Gasteiger partial charge >= 0.3 is 5.97 Å². The second-order valence-electron chi connectivity index (χ2n) is 5.53. The molecule has 3 nitrogen and oxygen atoms in total. The van der Waals surface area contributed by atoms with E-state index in [1.807, 2.05) is 12.1 Å². The summed E-state index contributed by atoms with van der Waals surface area (Å²) in [5, 5.41) is 9.42. The van der Waals surface area contributed by atoms with Crippen LogP contribution in [0.5, 0.6) is 0 Å². The molecule has 0 aliphatic heterocycles. The molecule has 0 unspecified atom stereocenters. The van der Waals surface area contributed by atoms with E-state index < -0.39 is 11.4 Å². The van der Waals surface area contributed by atoms with E-state index in [0.717, 1.165) is 5.56 Å². The van der Waals surface area contributed by atoms with E-state index in [9.17, 15) is 9.90 Å². The highest BCUT2D eigenvalue weighted by atomic mass is 16.4. The molecule has 1 saturated carbocycles. The van der Waals surface area contributed by atoms with Crippen molar-refractivity contribution in [2.24, 2.45) is 5.41 Å². The van der Waals surface area contributed by atoms with Gasteiger partial charge in [0.25, 0.3) is 0 Å². The summed E-state index contributed by atoms with van der Waals surface area (Å²) in [7, 11) is 0. The number of hydrogen-bond donors (Lipinski definition) is 2. The number of carboxylic acid groups (broad SMARTS) is 1. The SMILES string of the molecule is CC1(C)CC(C(=O)O)(c2cccc(N)c2)C1. The lowest BCUT2D eigenvalue weighted by atomic mass is 9.52. The van der Waals surface area contributed by atoms with Gasteiger partial charge < -0.3 is 10.8 Å². The molecule has 2 rings (SSSR count). The zero-order valence-electron chi connectivity index (χ0n) is 9.66. The lowest BCUT2D eigenvalue weighted by Crippen LogP contribution is -2.52. The Kier molecular flexibility index (Phi) is 2.22. The Morgan fingerprint density at radius 3 is 2.44 bits per heavy atom. The molecular weight excluding hydrogens is 202 g/mol. The summed E-state index contributed by atoms with van der Waals surface area (Å²) in [6.07, 6.45) is 1.36. The van der Waals surface area contributed by atoms with Crippen LogP contribution in [0.1, 0.15) is 32.3 Å². The molecule has 1 aliphatic rings. The standard InChI is InChI=1S/C13H17NO2/c1-12(2)7-13(8-12,11(15)16)9-4-3-5-10(14)6-9/h3-6H,7-8,14H2,1-2H3,(H,15,16). The number of rotatable bonds is 2. The van der Waals surface area contributed by atoms with Crippen molar-refractivity contribution in [1.29, 1.82) is 0 Å². The van der Waals surface area contributed by atoms with Crippen LogP contribution in [0.3, 0.4) is 0 Å². The molecule has 1 aliphatic carbocycles. The Labute approximate surface area is 95.3 Å². The Morgan fingerprint density at radius 2 is 2.00 bits per heavy atom. The number of carboxylic acids is 1. The third-order valence-corrected chi connectivity index (χ3v) is 3.41. The smallest absolute Gasteiger partial charge is 0.314 e. The van der Waals surface area contributed by atoms with Gasteiger partial charge in [-0.2, -0.15) is 0 Å². The highest BCUT2D eigenvalue weighted by Crippen LogP contribution is 2.55. The minimum atomic E-state index is -0.738. The number of nitrogens with two attached hydrogens (primary N) is 1. The van der Waals surface area contributed by atoms with Crippen LogP contribution < -0.4 is 5.73 Å². The molecule has 3 heteroatoms. The molecule has 0 aromatic heterocycles. The molecule has 0 spiro atoms. The van der Waals surface area contributed by atoms with Gasteiger partial charge in [0.1, 0.15) is 0 Å². The number of carbonyl (C=O) groups is 1. The number of aliphatic carboxylic acids is 1. The van der Waals surface area contributed by atoms with Crippen molar-refractivity contribution in [2.45, 2.75) is 32.1 Å². The first-order valence-electron chi connectivity index (χ1n) is 5.45. The van der Waals surface area contributed by atoms with Gasteiger partial charge in [-0.25, -0.2) is 0 Å². The van der Waals surface area contributed by atoms with E-state index in [2.05, 4.69) is 13.8 Å². The second-order valence-corrected chi connectivity index (χ2v) is 5.53. The maximum atomic E-state index is 11.5.